The first-order valence-electron chi connectivity index (χ1n) is 6.88. The summed E-state index contributed by atoms with van der Waals surface area (Å²) in [6.45, 7) is 4.71. The van der Waals surface area contributed by atoms with Crippen molar-refractivity contribution in [2.45, 2.75) is 44.7 Å². The Kier molecular flexibility index (Phi) is 4.40. The fourth-order valence-electron chi connectivity index (χ4n) is 2.89. The molecule has 1 amide bonds. The molecule has 2 fully saturated rings. The molecule has 4 heteroatoms. The quantitative estimate of drug-likeness (QED) is 0.757. The minimum absolute atomic E-state index is 0.0300. The van der Waals surface area contributed by atoms with Gasteiger partial charge in [0.05, 0.1) is 6.04 Å². The van der Waals surface area contributed by atoms with Gasteiger partial charge in [-0.1, -0.05) is 12.8 Å². The van der Waals surface area contributed by atoms with E-state index in [9.17, 15) is 4.79 Å². The maximum atomic E-state index is 12.2. The molecule has 0 radical (unpaired) electrons. The van der Waals surface area contributed by atoms with E-state index in [-0.39, 0.29) is 11.9 Å². The average Bonchev–Trinajstić information content (AvgIpc) is 2.82. The van der Waals surface area contributed by atoms with Gasteiger partial charge in [-0.3, -0.25) is 4.79 Å². The number of hydrogen-bond acceptors (Lipinski definition) is 3. The van der Waals surface area contributed by atoms with Gasteiger partial charge < -0.3 is 15.5 Å². The molecule has 0 spiro atoms. The highest BCUT2D eigenvalue weighted by Crippen LogP contribution is 2.25. The van der Waals surface area contributed by atoms with Crippen molar-refractivity contribution in [3.63, 3.8) is 0 Å². The van der Waals surface area contributed by atoms with E-state index in [1.807, 2.05) is 11.9 Å². The smallest absolute Gasteiger partial charge is 0.240 e. The molecule has 1 aliphatic carbocycles. The monoisotopic (exact) mass is 239 g/mol. The van der Waals surface area contributed by atoms with Crippen molar-refractivity contribution in [3.05, 3.63) is 0 Å². The second-order valence-corrected chi connectivity index (χ2v) is 5.64. The number of nitrogens with one attached hydrogen (secondary N) is 2. The molecule has 17 heavy (non-hydrogen) atoms. The molecule has 1 aliphatic heterocycles. The summed E-state index contributed by atoms with van der Waals surface area (Å²) in [7, 11) is 1.94. The first kappa shape index (κ1) is 12.8. The zero-order valence-corrected chi connectivity index (χ0v) is 11.0. The SMILES string of the molecule is CC1CNC(C(=O)N(C)CC2CCCC2)CN1. The summed E-state index contributed by atoms with van der Waals surface area (Å²) in [5.74, 6) is 0.982. The summed E-state index contributed by atoms with van der Waals surface area (Å²) in [5, 5.41) is 6.67. The lowest BCUT2D eigenvalue weighted by Gasteiger charge is -2.32. The third-order valence-electron chi connectivity index (χ3n) is 4.02. The van der Waals surface area contributed by atoms with E-state index in [1.54, 1.807) is 0 Å². The van der Waals surface area contributed by atoms with Crippen molar-refractivity contribution in [3.8, 4) is 0 Å². The van der Waals surface area contributed by atoms with Crippen molar-refractivity contribution >= 4 is 5.91 Å². The maximum absolute atomic E-state index is 12.2. The zero-order chi connectivity index (χ0) is 12.3. The summed E-state index contributed by atoms with van der Waals surface area (Å²) in [4.78, 5) is 14.1. The van der Waals surface area contributed by atoms with E-state index in [4.69, 9.17) is 0 Å². The molecular weight excluding hydrogens is 214 g/mol. The van der Waals surface area contributed by atoms with Crippen molar-refractivity contribution in [1.29, 1.82) is 0 Å². The van der Waals surface area contributed by atoms with E-state index in [2.05, 4.69) is 17.6 Å². The Morgan fingerprint density at radius 3 is 2.53 bits per heavy atom. The van der Waals surface area contributed by atoms with Crippen LogP contribution in [0.1, 0.15) is 32.6 Å². The number of rotatable bonds is 3. The van der Waals surface area contributed by atoms with Crippen LogP contribution in [0.4, 0.5) is 0 Å². The summed E-state index contributed by atoms with van der Waals surface area (Å²) in [6, 6.07) is 0.441. The van der Waals surface area contributed by atoms with Crippen LogP contribution in [0.3, 0.4) is 0 Å². The number of likely N-dealkylation sites (N-methyl/N-ethyl adjacent to an activating group) is 1. The Labute approximate surface area is 104 Å². The second-order valence-electron chi connectivity index (χ2n) is 5.64. The third kappa shape index (κ3) is 3.42. The van der Waals surface area contributed by atoms with Gasteiger partial charge in [0.1, 0.15) is 0 Å². The molecular formula is C13H25N3O. The molecule has 0 aromatic rings. The molecule has 1 saturated carbocycles. The van der Waals surface area contributed by atoms with E-state index < -0.39 is 0 Å². The number of piperazine rings is 1. The van der Waals surface area contributed by atoms with E-state index in [0.717, 1.165) is 25.6 Å². The number of carbonyl (C=O) groups excluding carboxylic acids is 1. The summed E-state index contributed by atoms with van der Waals surface area (Å²) >= 11 is 0. The maximum Gasteiger partial charge on any atom is 0.240 e. The summed E-state index contributed by atoms with van der Waals surface area (Å²) in [6.07, 6.45) is 5.27. The minimum atomic E-state index is -0.0300. The topological polar surface area (TPSA) is 44.4 Å². The molecule has 4 nitrogen and oxygen atoms in total. The predicted molar refractivity (Wildman–Crippen MR) is 68.9 cm³/mol. The highest BCUT2D eigenvalue weighted by Gasteiger charge is 2.27. The predicted octanol–water partition coefficient (Wildman–Crippen LogP) is 0.585. The first-order valence-corrected chi connectivity index (χ1v) is 6.88. The summed E-state index contributed by atoms with van der Waals surface area (Å²) in [5.41, 5.74) is 0. The average molecular weight is 239 g/mol. The number of nitrogens with zero attached hydrogens (tertiary/aromatic N) is 1. The van der Waals surface area contributed by atoms with Gasteiger partial charge in [-0.2, -0.15) is 0 Å². The van der Waals surface area contributed by atoms with Gasteiger partial charge in [-0.25, -0.2) is 0 Å². The standard InChI is InChI=1S/C13H25N3O/c1-10-7-15-12(8-14-10)13(17)16(2)9-11-5-3-4-6-11/h10-12,14-15H,3-9H2,1-2H3. The number of hydrogen-bond donors (Lipinski definition) is 2. The second kappa shape index (κ2) is 5.83. The first-order chi connectivity index (χ1) is 8.16. The molecule has 1 saturated heterocycles. The van der Waals surface area contributed by atoms with Gasteiger partial charge in [0, 0.05) is 32.7 Å². The van der Waals surface area contributed by atoms with Crippen molar-refractivity contribution < 1.29 is 4.79 Å². The largest absolute Gasteiger partial charge is 0.344 e. The van der Waals surface area contributed by atoms with E-state index >= 15 is 0 Å². The lowest BCUT2D eigenvalue weighted by molar-refractivity contribution is -0.133. The Bertz CT molecular complexity index is 255. The number of carbonyl (C=O) groups is 1. The molecule has 2 rings (SSSR count). The van der Waals surface area contributed by atoms with Crippen LogP contribution >= 0.6 is 0 Å². The van der Waals surface area contributed by atoms with Crippen LogP contribution < -0.4 is 10.6 Å². The Morgan fingerprint density at radius 1 is 1.24 bits per heavy atom. The van der Waals surface area contributed by atoms with Crippen molar-refractivity contribution in [1.82, 2.24) is 15.5 Å². The van der Waals surface area contributed by atoms with Crippen LogP contribution in [0.15, 0.2) is 0 Å². The van der Waals surface area contributed by atoms with Gasteiger partial charge in [0.25, 0.3) is 0 Å². The number of amides is 1. The lowest BCUT2D eigenvalue weighted by Crippen LogP contribution is -2.59. The Morgan fingerprint density at radius 2 is 1.94 bits per heavy atom. The van der Waals surface area contributed by atoms with Gasteiger partial charge >= 0.3 is 0 Å². The van der Waals surface area contributed by atoms with Crippen LogP contribution in [0.25, 0.3) is 0 Å². The van der Waals surface area contributed by atoms with Crippen LogP contribution in [-0.2, 0) is 4.79 Å². The lowest BCUT2D eigenvalue weighted by atomic mass is 10.1. The van der Waals surface area contributed by atoms with Crippen LogP contribution in [0.5, 0.6) is 0 Å². The molecule has 1 heterocycles. The van der Waals surface area contributed by atoms with Gasteiger partial charge in [0.15, 0.2) is 0 Å². The van der Waals surface area contributed by atoms with Gasteiger partial charge in [-0.15, -0.1) is 0 Å². The molecule has 2 aliphatic rings. The summed E-state index contributed by atoms with van der Waals surface area (Å²) < 4.78 is 0. The van der Waals surface area contributed by atoms with Crippen molar-refractivity contribution in [2.24, 2.45) is 5.92 Å². The molecule has 0 bridgehead atoms. The van der Waals surface area contributed by atoms with Crippen molar-refractivity contribution in [2.75, 3.05) is 26.7 Å². The van der Waals surface area contributed by atoms with Gasteiger partial charge in [-0.05, 0) is 25.7 Å². The van der Waals surface area contributed by atoms with E-state index in [0.29, 0.717) is 6.04 Å². The molecule has 98 valence electrons. The molecule has 2 unspecified atom stereocenters. The van der Waals surface area contributed by atoms with Crippen LogP contribution in [0.2, 0.25) is 0 Å². The highest BCUT2D eigenvalue weighted by atomic mass is 16.2. The highest BCUT2D eigenvalue weighted by molar-refractivity contribution is 5.82. The fourth-order valence-corrected chi connectivity index (χ4v) is 2.89. The fraction of sp³-hybridized carbons (Fsp3) is 0.923. The van der Waals surface area contributed by atoms with Crippen LogP contribution in [0, 0.1) is 5.92 Å². The van der Waals surface area contributed by atoms with Crippen LogP contribution in [-0.4, -0.2) is 49.6 Å². The Balaban J connectivity index is 1.77. The van der Waals surface area contributed by atoms with Gasteiger partial charge in [0.2, 0.25) is 5.91 Å². The normalized spacial score (nSPS) is 30.5. The minimum Gasteiger partial charge on any atom is -0.344 e. The van der Waals surface area contributed by atoms with E-state index in [1.165, 1.54) is 25.7 Å². The molecule has 2 N–H and O–H groups in total. The molecule has 0 aromatic carbocycles. The zero-order valence-electron chi connectivity index (χ0n) is 11.0. The Hall–Kier alpha value is -0.610. The third-order valence-corrected chi connectivity index (χ3v) is 4.02. The molecule has 0 aromatic heterocycles. The molecule has 2 atom stereocenters.